The molecule has 0 aromatic heterocycles. The highest BCUT2D eigenvalue weighted by Gasteiger charge is 2.01. The molecule has 0 unspecified atom stereocenters. The molecule has 0 saturated heterocycles. The zero-order valence-corrected chi connectivity index (χ0v) is 25.9. The molecule has 0 rings (SSSR count). The van der Waals surface area contributed by atoms with Gasteiger partial charge in [0, 0.05) is 6.42 Å². The Kier molecular flexibility index (Phi) is 33.0. The molecular formula is C35H70O2. The third-order valence-electron chi connectivity index (χ3n) is 7.95. The molecule has 0 aromatic carbocycles. The smallest absolute Gasteiger partial charge is 0.305 e. The van der Waals surface area contributed by atoms with E-state index in [2.05, 4.69) is 6.92 Å². The molecular weight excluding hydrogens is 452 g/mol. The summed E-state index contributed by atoms with van der Waals surface area (Å²) in [5.74, 6) is -0.00753. The molecule has 0 aliphatic rings. The monoisotopic (exact) mass is 523 g/mol. The molecule has 2 heteroatoms. The van der Waals surface area contributed by atoms with Crippen LogP contribution in [0.4, 0.5) is 0 Å². The predicted octanol–water partition coefficient (Wildman–Crippen LogP) is 12.7. The van der Waals surface area contributed by atoms with Gasteiger partial charge in [-0.05, 0) is 12.8 Å². The minimum Gasteiger partial charge on any atom is -0.466 e. The minimum atomic E-state index is -0.00753. The van der Waals surface area contributed by atoms with Crippen molar-refractivity contribution < 1.29 is 9.53 Å². The van der Waals surface area contributed by atoms with Crippen molar-refractivity contribution in [3.05, 3.63) is 0 Å². The number of hydrogen-bond donors (Lipinski definition) is 0. The third kappa shape index (κ3) is 33.4. The Morgan fingerprint density at radius 1 is 0.351 bits per heavy atom. The summed E-state index contributed by atoms with van der Waals surface area (Å²) in [6.07, 6.45) is 42.7. The molecule has 0 bridgehead atoms. The van der Waals surface area contributed by atoms with Gasteiger partial charge in [-0.2, -0.15) is 0 Å². The van der Waals surface area contributed by atoms with Gasteiger partial charge in [-0.15, -0.1) is 0 Å². The Balaban J connectivity index is 3.05. The lowest BCUT2D eigenvalue weighted by Crippen LogP contribution is -2.04. The number of rotatable bonds is 32. The number of ether oxygens (including phenoxy) is 1. The number of carbonyl (C=O) groups is 1. The topological polar surface area (TPSA) is 26.3 Å². The van der Waals surface area contributed by atoms with E-state index in [4.69, 9.17) is 4.74 Å². The van der Waals surface area contributed by atoms with Gasteiger partial charge in [0.15, 0.2) is 0 Å². The Morgan fingerprint density at radius 2 is 0.595 bits per heavy atom. The van der Waals surface area contributed by atoms with E-state index in [-0.39, 0.29) is 5.97 Å². The number of hydrogen-bond acceptors (Lipinski definition) is 2. The summed E-state index contributed by atoms with van der Waals surface area (Å²) in [5, 5.41) is 0. The van der Waals surface area contributed by atoms with Crippen LogP contribution >= 0.6 is 0 Å². The molecule has 0 atom stereocenters. The normalized spacial score (nSPS) is 11.3. The average Bonchev–Trinajstić information content (AvgIpc) is 2.91. The zero-order chi connectivity index (χ0) is 26.9. The first-order valence-corrected chi connectivity index (χ1v) is 17.5. The Labute approximate surface area is 234 Å². The maximum absolute atomic E-state index is 11.4. The fourth-order valence-corrected chi connectivity index (χ4v) is 5.40. The molecule has 0 spiro atoms. The molecule has 0 saturated carbocycles. The van der Waals surface area contributed by atoms with Crippen LogP contribution < -0.4 is 0 Å². The molecule has 2 nitrogen and oxygen atoms in total. The van der Waals surface area contributed by atoms with E-state index < -0.39 is 0 Å². The maximum atomic E-state index is 11.4. The van der Waals surface area contributed by atoms with Gasteiger partial charge in [-0.1, -0.05) is 194 Å². The summed E-state index contributed by atoms with van der Waals surface area (Å²) >= 11 is 0. The molecule has 0 aliphatic carbocycles. The largest absolute Gasteiger partial charge is 0.466 e. The van der Waals surface area contributed by atoms with Crippen molar-refractivity contribution in [2.75, 3.05) is 6.61 Å². The average molecular weight is 523 g/mol. The zero-order valence-electron chi connectivity index (χ0n) is 25.9. The first kappa shape index (κ1) is 36.5. The van der Waals surface area contributed by atoms with Crippen molar-refractivity contribution in [2.24, 2.45) is 0 Å². The van der Waals surface area contributed by atoms with Gasteiger partial charge in [0.05, 0.1) is 6.61 Å². The van der Waals surface area contributed by atoms with Crippen LogP contribution in [0.1, 0.15) is 213 Å². The Bertz CT molecular complexity index is 419. The van der Waals surface area contributed by atoms with Gasteiger partial charge < -0.3 is 4.74 Å². The van der Waals surface area contributed by atoms with E-state index >= 15 is 0 Å². The van der Waals surface area contributed by atoms with E-state index in [1.807, 2.05) is 6.92 Å². The van der Waals surface area contributed by atoms with Gasteiger partial charge in [0.1, 0.15) is 0 Å². The highest BCUT2D eigenvalue weighted by Crippen LogP contribution is 2.16. The van der Waals surface area contributed by atoms with Crippen molar-refractivity contribution in [3.8, 4) is 0 Å². The lowest BCUT2D eigenvalue weighted by Gasteiger charge is -2.05. The molecule has 222 valence electrons. The molecule has 0 amide bonds. The van der Waals surface area contributed by atoms with Crippen LogP contribution in [0.5, 0.6) is 0 Å². The molecule has 37 heavy (non-hydrogen) atoms. The van der Waals surface area contributed by atoms with Crippen molar-refractivity contribution in [1.29, 1.82) is 0 Å². The van der Waals surface area contributed by atoms with Crippen LogP contribution in [0.15, 0.2) is 0 Å². The second-order valence-corrected chi connectivity index (χ2v) is 11.9. The van der Waals surface area contributed by atoms with Crippen LogP contribution in [-0.4, -0.2) is 12.6 Å². The number of unbranched alkanes of at least 4 members (excludes halogenated alkanes) is 28. The predicted molar refractivity (Wildman–Crippen MR) is 165 cm³/mol. The number of esters is 1. The lowest BCUT2D eigenvalue weighted by atomic mass is 10.0. The van der Waals surface area contributed by atoms with E-state index in [0.717, 1.165) is 12.8 Å². The SMILES string of the molecule is CCCCCCCCCCCCCCCCCCCCCCCCCCCCCCCC(=O)OCCC. The van der Waals surface area contributed by atoms with E-state index in [0.29, 0.717) is 13.0 Å². The molecule has 0 fully saturated rings. The van der Waals surface area contributed by atoms with Crippen LogP contribution in [0.3, 0.4) is 0 Å². The third-order valence-corrected chi connectivity index (χ3v) is 7.95. The standard InChI is InChI=1S/C35H70O2/c1-3-5-6-7-8-9-10-11-12-13-14-15-16-17-18-19-20-21-22-23-24-25-26-27-28-29-30-31-32-33-35(36)37-34-4-2/h3-34H2,1-2H3. The second-order valence-electron chi connectivity index (χ2n) is 11.9. The minimum absolute atomic E-state index is 0.00753. The summed E-state index contributed by atoms with van der Waals surface area (Å²) in [7, 11) is 0. The highest BCUT2D eigenvalue weighted by molar-refractivity contribution is 5.69. The van der Waals surface area contributed by atoms with Gasteiger partial charge in [0.25, 0.3) is 0 Å². The first-order chi connectivity index (χ1) is 18.3. The summed E-state index contributed by atoms with van der Waals surface area (Å²) in [4.78, 5) is 11.4. The van der Waals surface area contributed by atoms with Crippen LogP contribution in [-0.2, 0) is 9.53 Å². The fourth-order valence-electron chi connectivity index (χ4n) is 5.40. The molecule has 0 radical (unpaired) electrons. The Hall–Kier alpha value is -0.530. The molecule has 0 heterocycles. The summed E-state index contributed by atoms with van der Waals surface area (Å²) in [6, 6.07) is 0. The first-order valence-electron chi connectivity index (χ1n) is 17.5. The molecule has 0 aliphatic heterocycles. The van der Waals surface area contributed by atoms with E-state index in [1.54, 1.807) is 0 Å². The van der Waals surface area contributed by atoms with Crippen molar-refractivity contribution >= 4 is 5.97 Å². The molecule has 0 N–H and O–H groups in total. The van der Waals surface area contributed by atoms with E-state index in [1.165, 1.54) is 180 Å². The van der Waals surface area contributed by atoms with Crippen LogP contribution in [0.25, 0.3) is 0 Å². The van der Waals surface area contributed by atoms with Gasteiger partial charge in [-0.3, -0.25) is 4.79 Å². The quantitative estimate of drug-likeness (QED) is 0.0648. The molecule has 0 aromatic rings. The van der Waals surface area contributed by atoms with Crippen molar-refractivity contribution in [2.45, 2.75) is 213 Å². The fraction of sp³-hybridized carbons (Fsp3) is 0.971. The Morgan fingerprint density at radius 3 is 0.838 bits per heavy atom. The van der Waals surface area contributed by atoms with Gasteiger partial charge >= 0.3 is 5.97 Å². The maximum Gasteiger partial charge on any atom is 0.305 e. The number of carbonyl (C=O) groups excluding carboxylic acids is 1. The highest BCUT2D eigenvalue weighted by atomic mass is 16.5. The van der Waals surface area contributed by atoms with Crippen molar-refractivity contribution in [1.82, 2.24) is 0 Å². The lowest BCUT2D eigenvalue weighted by molar-refractivity contribution is -0.143. The van der Waals surface area contributed by atoms with Crippen LogP contribution in [0.2, 0.25) is 0 Å². The summed E-state index contributed by atoms with van der Waals surface area (Å²) < 4.78 is 5.12. The van der Waals surface area contributed by atoms with Crippen LogP contribution in [0, 0.1) is 0 Å². The van der Waals surface area contributed by atoms with E-state index in [9.17, 15) is 4.79 Å². The summed E-state index contributed by atoms with van der Waals surface area (Å²) in [5.41, 5.74) is 0. The van der Waals surface area contributed by atoms with Gasteiger partial charge in [0.2, 0.25) is 0 Å². The summed E-state index contributed by atoms with van der Waals surface area (Å²) in [6.45, 7) is 4.92. The van der Waals surface area contributed by atoms with Gasteiger partial charge in [-0.25, -0.2) is 0 Å². The van der Waals surface area contributed by atoms with Crippen molar-refractivity contribution in [3.63, 3.8) is 0 Å². The second kappa shape index (κ2) is 33.5.